The third kappa shape index (κ3) is 4.73. The Labute approximate surface area is 358 Å². The maximum Gasteiger partial charge on any atom is 0.137 e. The van der Waals surface area contributed by atoms with Gasteiger partial charge in [0.15, 0.2) is 0 Å². The molecule has 0 N–H and O–H groups in total. The number of anilines is 3. The SMILES string of the molecule is CC1(C)c2ccccc2-c2ccc(N(c3ccc4c(c3)C(C)(C)c3ccccc3-4)c3cccc4oc5cc(-c6cccc7sc8ccccc8c67)c6ccccc6c5c34)cc21. The highest BCUT2D eigenvalue weighted by molar-refractivity contribution is 7.25. The zero-order valence-corrected chi connectivity index (χ0v) is 35.3. The van der Waals surface area contributed by atoms with Crippen molar-refractivity contribution in [1.29, 1.82) is 0 Å². The summed E-state index contributed by atoms with van der Waals surface area (Å²) in [5.74, 6) is 0. The van der Waals surface area contributed by atoms with Gasteiger partial charge in [-0.3, -0.25) is 0 Å². The number of hydrogen-bond donors (Lipinski definition) is 0. The molecule has 11 aromatic rings. The van der Waals surface area contributed by atoms with Gasteiger partial charge in [0.2, 0.25) is 0 Å². The molecule has 0 bridgehead atoms. The van der Waals surface area contributed by atoms with E-state index in [0.717, 1.165) is 39.0 Å². The zero-order valence-electron chi connectivity index (χ0n) is 34.5. The summed E-state index contributed by atoms with van der Waals surface area (Å²) in [5.41, 5.74) is 18.0. The molecule has 2 aromatic heterocycles. The number of rotatable bonds is 4. The molecule has 0 aliphatic heterocycles. The molecule has 2 aliphatic rings. The van der Waals surface area contributed by atoms with Crippen LogP contribution in [0.2, 0.25) is 0 Å². The van der Waals surface area contributed by atoms with E-state index in [-0.39, 0.29) is 10.8 Å². The van der Waals surface area contributed by atoms with Crippen LogP contribution in [0.25, 0.3) is 86.3 Å². The van der Waals surface area contributed by atoms with Crippen molar-refractivity contribution in [1.82, 2.24) is 0 Å². The molecule has 2 aliphatic carbocycles. The van der Waals surface area contributed by atoms with Crippen molar-refractivity contribution in [2.24, 2.45) is 0 Å². The highest BCUT2D eigenvalue weighted by Gasteiger charge is 2.38. The quantitative estimate of drug-likeness (QED) is 0.176. The van der Waals surface area contributed by atoms with E-state index >= 15 is 0 Å². The fraction of sp³-hybridized carbons (Fsp3) is 0.103. The van der Waals surface area contributed by atoms with Crippen LogP contribution in [0.15, 0.2) is 180 Å². The minimum atomic E-state index is -0.146. The van der Waals surface area contributed by atoms with Gasteiger partial charge in [0.25, 0.3) is 0 Å². The zero-order chi connectivity index (χ0) is 40.8. The van der Waals surface area contributed by atoms with Crippen LogP contribution in [0.4, 0.5) is 17.1 Å². The molecule has 2 nitrogen and oxygen atoms in total. The predicted molar refractivity (Wildman–Crippen MR) is 259 cm³/mol. The van der Waals surface area contributed by atoms with Gasteiger partial charge in [0.05, 0.1) is 11.1 Å². The number of furan rings is 1. The molecular formula is C58H41NOS. The molecule has 290 valence electrons. The summed E-state index contributed by atoms with van der Waals surface area (Å²) >= 11 is 1.86. The molecule has 61 heavy (non-hydrogen) atoms. The second-order valence-electron chi connectivity index (χ2n) is 18.0. The smallest absolute Gasteiger partial charge is 0.137 e. The van der Waals surface area contributed by atoms with Crippen LogP contribution in [0.1, 0.15) is 49.9 Å². The van der Waals surface area contributed by atoms with Gasteiger partial charge < -0.3 is 9.32 Å². The Morgan fingerprint density at radius 2 is 0.918 bits per heavy atom. The van der Waals surface area contributed by atoms with Crippen LogP contribution in [0.5, 0.6) is 0 Å². The molecule has 2 heterocycles. The van der Waals surface area contributed by atoms with Crippen molar-refractivity contribution in [3.8, 4) is 33.4 Å². The Morgan fingerprint density at radius 1 is 0.377 bits per heavy atom. The Kier molecular flexibility index (Phi) is 7.04. The first-order chi connectivity index (χ1) is 29.8. The lowest BCUT2D eigenvalue weighted by atomic mass is 9.82. The average Bonchev–Trinajstić information content (AvgIpc) is 3.99. The number of hydrogen-bond acceptors (Lipinski definition) is 3. The first kappa shape index (κ1) is 34.9. The first-order valence-electron chi connectivity index (χ1n) is 21.3. The lowest BCUT2D eigenvalue weighted by molar-refractivity contribution is 0.660. The number of thiophene rings is 1. The molecule has 0 radical (unpaired) electrons. The lowest BCUT2D eigenvalue weighted by Crippen LogP contribution is -2.18. The largest absolute Gasteiger partial charge is 0.456 e. The van der Waals surface area contributed by atoms with Crippen LogP contribution in [0.3, 0.4) is 0 Å². The molecule has 0 saturated carbocycles. The Hall–Kier alpha value is -6.94. The molecule has 9 aromatic carbocycles. The second-order valence-corrected chi connectivity index (χ2v) is 19.1. The minimum Gasteiger partial charge on any atom is -0.456 e. The van der Waals surface area contributed by atoms with E-state index in [1.165, 1.54) is 86.6 Å². The normalized spacial score (nSPS) is 14.5. The van der Waals surface area contributed by atoms with Gasteiger partial charge in [0, 0.05) is 47.8 Å². The summed E-state index contributed by atoms with van der Waals surface area (Å²) in [7, 11) is 0. The highest BCUT2D eigenvalue weighted by Crippen LogP contribution is 2.55. The summed E-state index contributed by atoms with van der Waals surface area (Å²) in [5, 5.41) is 7.26. The molecule has 0 saturated heterocycles. The minimum absolute atomic E-state index is 0.146. The Morgan fingerprint density at radius 3 is 1.61 bits per heavy atom. The Bertz CT molecular complexity index is 3570. The van der Waals surface area contributed by atoms with Gasteiger partial charge in [-0.15, -0.1) is 11.3 Å². The summed E-state index contributed by atoms with van der Waals surface area (Å²) in [4.78, 5) is 2.50. The van der Waals surface area contributed by atoms with Crippen molar-refractivity contribution in [3.05, 3.63) is 198 Å². The average molecular weight is 800 g/mol. The highest BCUT2D eigenvalue weighted by atomic mass is 32.1. The van der Waals surface area contributed by atoms with Crippen molar-refractivity contribution < 1.29 is 4.42 Å². The fourth-order valence-corrected chi connectivity index (χ4v) is 12.3. The van der Waals surface area contributed by atoms with Crippen LogP contribution < -0.4 is 4.90 Å². The number of nitrogens with zero attached hydrogens (tertiary/aromatic N) is 1. The first-order valence-corrected chi connectivity index (χ1v) is 22.2. The standard InChI is InChI=1S/C58H41NOS/c1-57(2)45-21-10-7-16-37(45)39-29-27-34(31-47(39)57)59(35-28-30-40-38-17-8-11-22-46(38)58(3,4)48(40)32-35)49-23-14-24-50-56(49)55-41-18-6-5-15-36(41)44(33-51(55)60-50)42-20-13-26-53-54(42)43-19-9-12-25-52(43)61-53/h5-33H,1-4H3. The molecule has 13 rings (SSSR count). The summed E-state index contributed by atoms with van der Waals surface area (Å²) in [6, 6.07) is 65.4. The molecular weight excluding hydrogens is 759 g/mol. The van der Waals surface area contributed by atoms with Crippen LogP contribution in [0, 0.1) is 0 Å². The molecule has 0 unspecified atom stereocenters. The van der Waals surface area contributed by atoms with Crippen molar-refractivity contribution >= 4 is 81.3 Å². The van der Waals surface area contributed by atoms with Gasteiger partial charge in [-0.2, -0.15) is 0 Å². The third-order valence-corrected chi connectivity index (χ3v) is 15.2. The van der Waals surface area contributed by atoms with E-state index in [4.69, 9.17) is 4.42 Å². The fourth-order valence-electron chi connectivity index (χ4n) is 11.2. The van der Waals surface area contributed by atoms with Crippen molar-refractivity contribution in [2.75, 3.05) is 4.90 Å². The van der Waals surface area contributed by atoms with E-state index in [1.54, 1.807) is 0 Å². The third-order valence-electron chi connectivity index (χ3n) is 14.1. The number of fused-ring (bicyclic) bond motifs is 14. The second kappa shape index (κ2) is 12.3. The predicted octanol–water partition coefficient (Wildman–Crippen LogP) is 16.9. The van der Waals surface area contributed by atoms with Crippen molar-refractivity contribution in [3.63, 3.8) is 0 Å². The van der Waals surface area contributed by atoms with E-state index in [9.17, 15) is 0 Å². The maximum absolute atomic E-state index is 7.04. The lowest BCUT2D eigenvalue weighted by Gasteiger charge is -2.30. The van der Waals surface area contributed by atoms with Gasteiger partial charge in [-0.1, -0.05) is 149 Å². The topological polar surface area (TPSA) is 16.4 Å². The maximum atomic E-state index is 7.04. The van der Waals surface area contributed by atoms with Gasteiger partial charge in [-0.25, -0.2) is 0 Å². The monoisotopic (exact) mass is 799 g/mol. The Balaban J connectivity index is 1.09. The molecule has 3 heteroatoms. The summed E-state index contributed by atoms with van der Waals surface area (Å²) < 4.78 is 9.65. The van der Waals surface area contributed by atoms with Gasteiger partial charge >= 0.3 is 0 Å². The summed E-state index contributed by atoms with van der Waals surface area (Å²) in [6.45, 7) is 9.48. The number of benzene rings is 9. The van der Waals surface area contributed by atoms with E-state index in [1.807, 2.05) is 11.3 Å². The van der Waals surface area contributed by atoms with Crippen LogP contribution in [-0.2, 0) is 10.8 Å². The molecule has 0 fully saturated rings. The van der Waals surface area contributed by atoms with E-state index in [0.29, 0.717) is 0 Å². The van der Waals surface area contributed by atoms with Crippen molar-refractivity contribution in [2.45, 2.75) is 38.5 Å². The van der Waals surface area contributed by atoms with Gasteiger partial charge in [-0.05, 0) is 121 Å². The molecule has 0 amide bonds. The van der Waals surface area contributed by atoms with E-state index in [2.05, 4.69) is 209 Å². The van der Waals surface area contributed by atoms with E-state index < -0.39 is 0 Å². The molecule has 0 atom stereocenters. The van der Waals surface area contributed by atoms with Gasteiger partial charge in [0.1, 0.15) is 11.2 Å². The summed E-state index contributed by atoms with van der Waals surface area (Å²) in [6.07, 6.45) is 0. The van der Waals surface area contributed by atoms with Crippen LogP contribution >= 0.6 is 11.3 Å². The van der Waals surface area contributed by atoms with Crippen LogP contribution in [-0.4, -0.2) is 0 Å². The molecule has 0 spiro atoms.